The first kappa shape index (κ1) is 12.9. The van der Waals surface area contributed by atoms with Crippen LogP contribution < -0.4 is 5.56 Å². The number of halogens is 2. The van der Waals surface area contributed by atoms with Crippen molar-refractivity contribution in [1.82, 2.24) is 4.57 Å². The van der Waals surface area contributed by atoms with Crippen LogP contribution in [-0.2, 0) is 0 Å². The molecule has 1 heterocycles. The Morgan fingerprint density at radius 2 is 1.84 bits per heavy atom. The lowest BCUT2D eigenvalue weighted by Crippen LogP contribution is -2.18. The molecule has 2 aromatic rings. The van der Waals surface area contributed by atoms with Gasteiger partial charge in [0.1, 0.15) is 0 Å². The summed E-state index contributed by atoms with van der Waals surface area (Å²) in [6.07, 6.45) is 0.982. The van der Waals surface area contributed by atoms with Crippen molar-refractivity contribution in [1.29, 1.82) is 0 Å². The Hall–Kier alpha value is -2.50. The van der Waals surface area contributed by atoms with Crippen molar-refractivity contribution in [2.75, 3.05) is 0 Å². The second-order valence-corrected chi connectivity index (χ2v) is 3.82. The molecule has 4 nitrogen and oxygen atoms in total. The number of aromatic nitrogens is 1. The summed E-state index contributed by atoms with van der Waals surface area (Å²) in [5, 5.41) is 8.86. The van der Waals surface area contributed by atoms with Crippen molar-refractivity contribution in [3.63, 3.8) is 0 Å². The lowest BCUT2D eigenvalue weighted by Gasteiger charge is -2.06. The smallest absolute Gasteiger partial charge is 0.335 e. The van der Waals surface area contributed by atoms with E-state index in [2.05, 4.69) is 0 Å². The standard InChI is InChI=1S/C13H9F2NO3/c14-13(15)16-5-4-9(7-11(16)17)8-2-1-3-10(6-8)12(18)19/h1-7,13H,(H,18,19). The number of benzene rings is 1. The maximum atomic E-state index is 12.4. The lowest BCUT2D eigenvalue weighted by atomic mass is 10.0. The third kappa shape index (κ3) is 2.67. The Bertz CT molecular complexity index is 680. The summed E-state index contributed by atoms with van der Waals surface area (Å²) in [5.74, 6) is -1.09. The number of aromatic carboxylic acids is 1. The highest BCUT2D eigenvalue weighted by atomic mass is 19.3. The van der Waals surface area contributed by atoms with E-state index in [0.717, 1.165) is 12.3 Å². The number of nitrogens with zero attached hydrogens (tertiary/aromatic N) is 1. The van der Waals surface area contributed by atoms with Crippen LogP contribution in [0.15, 0.2) is 47.4 Å². The maximum Gasteiger partial charge on any atom is 0.335 e. The number of hydrogen-bond donors (Lipinski definition) is 1. The Morgan fingerprint density at radius 1 is 1.16 bits per heavy atom. The van der Waals surface area contributed by atoms with Crippen molar-refractivity contribution in [3.8, 4) is 11.1 Å². The van der Waals surface area contributed by atoms with Gasteiger partial charge in [-0.15, -0.1) is 0 Å². The molecular weight excluding hydrogens is 256 g/mol. The summed E-state index contributed by atoms with van der Waals surface area (Å²) >= 11 is 0. The van der Waals surface area contributed by atoms with Crippen molar-refractivity contribution in [3.05, 3.63) is 58.5 Å². The van der Waals surface area contributed by atoms with Crippen molar-refractivity contribution in [2.45, 2.75) is 6.55 Å². The number of alkyl halides is 2. The molecule has 0 bridgehead atoms. The van der Waals surface area contributed by atoms with E-state index < -0.39 is 18.1 Å². The molecule has 0 aliphatic carbocycles. The Balaban J connectivity index is 2.48. The second-order valence-electron chi connectivity index (χ2n) is 3.82. The van der Waals surface area contributed by atoms with Crippen LogP contribution in [-0.4, -0.2) is 15.6 Å². The van der Waals surface area contributed by atoms with Crippen molar-refractivity contribution < 1.29 is 18.7 Å². The molecule has 0 atom stereocenters. The molecule has 1 aromatic heterocycles. The average Bonchev–Trinajstić information content (AvgIpc) is 2.38. The highest BCUT2D eigenvalue weighted by molar-refractivity contribution is 5.89. The molecule has 1 N–H and O–H groups in total. The minimum Gasteiger partial charge on any atom is -0.478 e. The van der Waals surface area contributed by atoms with Crippen LogP contribution in [0.4, 0.5) is 8.78 Å². The van der Waals surface area contributed by atoms with Gasteiger partial charge >= 0.3 is 12.5 Å². The van der Waals surface area contributed by atoms with E-state index in [9.17, 15) is 18.4 Å². The molecule has 19 heavy (non-hydrogen) atoms. The van der Waals surface area contributed by atoms with E-state index in [1.807, 2.05) is 0 Å². The first-order valence-electron chi connectivity index (χ1n) is 5.33. The zero-order chi connectivity index (χ0) is 14.0. The highest BCUT2D eigenvalue weighted by Gasteiger charge is 2.09. The van der Waals surface area contributed by atoms with Crippen molar-refractivity contribution in [2.24, 2.45) is 0 Å². The summed E-state index contributed by atoms with van der Waals surface area (Å²) in [5.41, 5.74) is 0.104. The first-order valence-corrected chi connectivity index (χ1v) is 5.33. The Kier molecular flexibility index (Phi) is 3.41. The van der Waals surface area contributed by atoms with Gasteiger partial charge in [-0.05, 0) is 29.3 Å². The van der Waals surface area contributed by atoms with Gasteiger partial charge in [0, 0.05) is 12.3 Å². The number of hydrogen-bond acceptors (Lipinski definition) is 2. The van der Waals surface area contributed by atoms with Crippen LogP contribution in [0.1, 0.15) is 16.9 Å². The molecule has 98 valence electrons. The van der Waals surface area contributed by atoms with Crippen LogP contribution in [0, 0.1) is 0 Å². The van der Waals surface area contributed by atoms with Gasteiger partial charge in [-0.25, -0.2) is 4.79 Å². The Labute approximate surface area is 106 Å². The number of carboxylic acids is 1. The Morgan fingerprint density at radius 3 is 2.42 bits per heavy atom. The molecule has 0 saturated heterocycles. The number of carbonyl (C=O) groups is 1. The summed E-state index contributed by atoms with van der Waals surface area (Å²) < 4.78 is 25.1. The van der Waals surface area contributed by atoms with Crippen molar-refractivity contribution >= 4 is 5.97 Å². The second kappa shape index (κ2) is 5.01. The molecule has 0 spiro atoms. The molecular formula is C13H9F2NO3. The fraction of sp³-hybridized carbons (Fsp3) is 0.0769. The van der Waals surface area contributed by atoms with Gasteiger partial charge in [0.05, 0.1) is 5.56 Å². The monoisotopic (exact) mass is 265 g/mol. The topological polar surface area (TPSA) is 59.3 Å². The minimum atomic E-state index is -2.90. The molecule has 0 aliphatic rings. The molecule has 0 fully saturated rings. The molecule has 0 radical (unpaired) electrons. The molecule has 6 heteroatoms. The van der Waals surface area contributed by atoms with E-state index in [0.29, 0.717) is 15.7 Å². The summed E-state index contributed by atoms with van der Waals surface area (Å²) in [6, 6.07) is 8.31. The van der Waals surface area contributed by atoms with Gasteiger partial charge in [0.2, 0.25) is 0 Å². The third-order valence-corrected chi connectivity index (χ3v) is 2.60. The van der Waals surface area contributed by atoms with E-state index in [1.54, 1.807) is 6.07 Å². The zero-order valence-electron chi connectivity index (χ0n) is 9.59. The molecule has 0 amide bonds. The number of carboxylic acid groups (broad SMARTS) is 1. The van der Waals surface area contributed by atoms with Crippen LogP contribution in [0.2, 0.25) is 0 Å². The van der Waals surface area contributed by atoms with E-state index in [4.69, 9.17) is 5.11 Å². The van der Waals surface area contributed by atoms with Crippen LogP contribution >= 0.6 is 0 Å². The van der Waals surface area contributed by atoms with Gasteiger partial charge in [-0.2, -0.15) is 8.78 Å². The molecule has 0 aliphatic heterocycles. The molecule has 1 aromatic carbocycles. The maximum absolute atomic E-state index is 12.4. The van der Waals surface area contributed by atoms with Crippen LogP contribution in [0.5, 0.6) is 0 Å². The van der Waals surface area contributed by atoms with Gasteiger partial charge < -0.3 is 5.11 Å². The fourth-order valence-electron chi connectivity index (χ4n) is 1.66. The first-order chi connectivity index (χ1) is 8.99. The predicted octanol–water partition coefficient (Wildman–Crippen LogP) is 2.61. The predicted molar refractivity (Wildman–Crippen MR) is 64.4 cm³/mol. The normalized spacial score (nSPS) is 10.7. The molecule has 0 saturated carbocycles. The quantitative estimate of drug-likeness (QED) is 0.928. The third-order valence-electron chi connectivity index (χ3n) is 2.60. The summed E-state index contributed by atoms with van der Waals surface area (Å²) in [4.78, 5) is 22.3. The van der Waals surface area contributed by atoms with Gasteiger partial charge in [-0.3, -0.25) is 9.36 Å². The lowest BCUT2D eigenvalue weighted by molar-refractivity contribution is 0.0662. The van der Waals surface area contributed by atoms with Gasteiger partial charge in [0.25, 0.3) is 5.56 Å². The average molecular weight is 265 g/mol. The van der Waals surface area contributed by atoms with Gasteiger partial charge in [-0.1, -0.05) is 12.1 Å². The van der Waals surface area contributed by atoms with Crippen LogP contribution in [0.25, 0.3) is 11.1 Å². The molecule has 2 rings (SSSR count). The van der Waals surface area contributed by atoms with E-state index >= 15 is 0 Å². The largest absolute Gasteiger partial charge is 0.478 e. The van der Waals surface area contributed by atoms with Gasteiger partial charge in [0.15, 0.2) is 0 Å². The number of pyridine rings is 1. The fourth-order valence-corrected chi connectivity index (χ4v) is 1.66. The zero-order valence-corrected chi connectivity index (χ0v) is 9.59. The van der Waals surface area contributed by atoms with E-state index in [-0.39, 0.29) is 5.56 Å². The summed E-state index contributed by atoms with van der Waals surface area (Å²) in [6.45, 7) is -2.90. The SMILES string of the molecule is O=C(O)c1cccc(-c2ccn(C(F)F)c(=O)c2)c1. The van der Waals surface area contributed by atoms with Crippen LogP contribution in [0.3, 0.4) is 0 Å². The highest BCUT2D eigenvalue weighted by Crippen LogP contribution is 2.19. The van der Waals surface area contributed by atoms with E-state index in [1.165, 1.54) is 24.3 Å². The summed E-state index contributed by atoms with van der Waals surface area (Å²) in [7, 11) is 0. The minimum absolute atomic E-state index is 0.0653. The molecule has 0 unspecified atom stereocenters. The number of rotatable bonds is 3.